The van der Waals surface area contributed by atoms with Gasteiger partial charge in [0.05, 0.1) is 18.1 Å². The summed E-state index contributed by atoms with van der Waals surface area (Å²) in [4.78, 5) is 7.40. The van der Waals surface area contributed by atoms with Crippen LogP contribution in [0.15, 0.2) is 48.9 Å². The van der Waals surface area contributed by atoms with Crippen molar-refractivity contribution in [3.05, 3.63) is 54.5 Å². The van der Waals surface area contributed by atoms with Gasteiger partial charge in [0.25, 0.3) is 0 Å². The summed E-state index contributed by atoms with van der Waals surface area (Å²) in [5.74, 6) is 0. The van der Waals surface area contributed by atoms with Crippen LogP contribution < -0.4 is 0 Å². The van der Waals surface area contributed by atoms with E-state index >= 15 is 0 Å². The van der Waals surface area contributed by atoms with Gasteiger partial charge in [0, 0.05) is 35.3 Å². The van der Waals surface area contributed by atoms with Gasteiger partial charge in [-0.3, -0.25) is 5.10 Å². The SMILES string of the molecule is CCCCN(C)Cc1cccc(-c2cc(-c3cn[nH]c3)c3cnn(C(C)C)c3n2)c1. The monoisotopic (exact) mass is 402 g/mol. The molecule has 156 valence electrons. The Bertz CT molecular complexity index is 1110. The van der Waals surface area contributed by atoms with E-state index in [0.29, 0.717) is 0 Å². The Kier molecular flexibility index (Phi) is 5.95. The molecule has 1 aromatic carbocycles. The van der Waals surface area contributed by atoms with Crippen LogP contribution in [0.25, 0.3) is 33.4 Å². The highest BCUT2D eigenvalue weighted by Gasteiger charge is 2.16. The van der Waals surface area contributed by atoms with Gasteiger partial charge in [0.1, 0.15) is 0 Å². The lowest BCUT2D eigenvalue weighted by Gasteiger charge is -2.17. The average Bonchev–Trinajstić information content (AvgIpc) is 3.41. The number of rotatable bonds is 8. The fraction of sp³-hybridized carbons (Fsp3) is 0.375. The maximum atomic E-state index is 5.02. The second kappa shape index (κ2) is 8.79. The molecule has 6 nitrogen and oxygen atoms in total. The normalized spacial score (nSPS) is 11.8. The van der Waals surface area contributed by atoms with E-state index in [1.54, 1.807) is 0 Å². The van der Waals surface area contributed by atoms with Crippen LogP contribution in [0.4, 0.5) is 0 Å². The molecule has 0 spiro atoms. The minimum Gasteiger partial charge on any atom is -0.302 e. The van der Waals surface area contributed by atoms with Crippen LogP contribution in [0.3, 0.4) is 0 Å². The number of nitrogens with zero attached hydrogens (tertiary/aromatic N) is 5. The Morgan fingerprint density at radius 2 is 2.00 bits per heavy atom. The molecule has 0 saturated carbocycles. The molecule has 1 N–H and O–H groups in total. The Morgan fingerprint density at radius 1 is 1.13 bits per heavy atom. The van der Waals surface area contributed by atoms with Crippen LogP contribution in [-0.2, 0) is 6.54 Å². The van der Waals surface area contributed by atoms with Gasteiger partial charge < -0.3 is 4.90 Å². The van der Waals surface area contributed by atoms with Gasteiger partial charge in [-0.2, -0.15) is 10.2 Å². The summed E-state index contributed by atoms with van der Waals surface area (Å²) < 4.78 is 1.99. The van der Waals surface area contributed by atoms with E-state index in [1.165, 1.54) is 18.4 Å². The first-order valence-electron chi connectivity index (χ1n) is 10.7. The molecule has 0 aliphatic rings. The van der Waals surface area contributed by atoms with Gasteiger partial charge in [-0.05, 0) is 57.1 Å². The molecule has 0 aliphatic carbocycles. The number of pyridine rings is 1. The molecular formula is C24H30N6. The summed E-state index contributed by atoms with van der Waals surface area (Å²) in [5.41, 5.74) is 6.43. The molecule has 0 fully saturated rings. The van der Waals surface area contributed by atoms with Crippen LogP contribution in [0.2, 0.25) is 0 Å². The third-order valence-corrected chi connectivity index (χ3v) is 5.43. The summed E-state index contributed by atoms with van der Waals surface area (Å²) in [5, 5.41) is 12.7. The van der Waals surface area contributed by atoms with E-state index in [-0.39, 0.29) is 6.04 Å². The minimum atomic E-state index is 0.237. The first-order chi connectivity index (χ1) is 14.6. The number of fused-ring (bicyclic) bond motifs is 1. The number of H-pyrrole nitrogens is 1. The number of benzene rings is 1. The maximum absolute atomic E-state index is 5.02. The summed E-state index contributed by atoms with van der Waals surface area (Å²) in [6.45, 7) is 8.55. The maximum Gasteiger partial charge on any atom is 0.159 e. The van der Waals surface area contributed by atoms with E-state index in [9.17, 15) is 0 Å². The Hall–Kier alpha value is -2.99. The first kappa shape index (κ1) is 20.3. The van der Waals surface area contributed by atoms with Crippen molar-refractivity contribution < 1.29 is 0 Å². The number of aromatic amines is 1. The molecule has 4 aromatic rings. The Morgan fingerprint density at radius 3 is 2.73 bits per heavy atom. The molecule has 3 aromatic heterocycles. The van der Waals surface area contributed by atoms with Gasteiger partial charge in [0.15, 0.2) is 5.65 Å². The average molecular weight is 403 g/mol. The van der Waals surface area contributed by atoms with E-state index in [1.807, 2.05) is 23.3 Å². The molecule has 3 heterocycles. The van der Waals surface area contributed by atoms with Crippen molar-refractivity contribution in [2.24, 2.45) is 0 Å². The molecule has 0 bridgehead atoms. The zero-order valence-electron chi connectivity index (χ0n) is 18.3. The zero-order valence-corrected chi connectivity index (χ0v) is 18.3. The fourth-order valence-electron chi connectivity index (χ4n) is 3.83. The molecule has 0 unspecified atom stereocenters. The van der Waals surface area contributed by atoms with Gasteiger partial charge >= 0.3 is 0 Å². The number of aromatic nitrogens is 5. The standard InChI is InChI=1S/C24H30N6/c1-5-6-10-29(4)16-18-8-7-9-19(11-18)23-12-21(20-13-25-26-14-20)22-15-27-30(17(2)3)24(22)28-23/h7-9,11-15,17H,5-6,10,16H2,1-4H3,(H,25,26). The van der Waals surface area contributed by atoms with Crippen molar-refractivity contribution in [3.8, 4) is 22.4 Å². The first-order valence-corrected chi connectivity index (χ1v) is 10.7. The molecular weight excluding hydrogens is 372 g/mol. The molecule has 0 aliphatic heterocycles. The smallest absolute Gasteiger partial charge is 0.159 e. The third-order valence-electron chi connectivity index (χ3n) is 5.43. The lowest BCUT2D eigenvalue weighted by molar-refractivity contribution is 0.321. The summed E-state index contributed by atoms with van der Waals surface area (Å²) >= 11 is 0. The predicted molar refractivity (Wildman–Crippen MR) is 122 cm³/mol. The summed E-state index contributed by atoms with van der Waals surface area (Å²) in [6.07, 6.45) is 8.12. The molecule has 6 heteroatoms. The summed E-state index contributed by atoms with van der Waals surface area (Å²) in [7, 11) is 2.19. The van der Waals surface area contributed by atoms with Crippen molar-refractivity contribution in [3.63, 3.8) is 0 Å². The van der Waals surface area contributed by atoms with Crippen molar-refractivity contribution in [2.45, 2.75) is 46.2 Å². The van der Waals surface area contributed by atoms with Crippen molar-refractivity contribution in [2.75, 3.05) is 13.6 Å². The number of nitrogens with one attached hydrogen (secondary N) is 1. The predicted octanol–water partition coefficient (Wildman–Crippen LogP) is 5.30. The Labute approximate surface area is 177 Å². The van der Waals surface area contributed by atoms with Gasteiger partial charge in [0.2, 0.25) is 0 Å². The topological polar surface area (TPSA) is 62.6 Å². The molecule has 4 rings (SSSR count). The lowest BCUT2D eigenvalue weighted by atomic mass is 10.0. The molecule has 0 radical (unpaired) electrons. The molecule has 30 heavy (non-hydrogen) atoms. The van der Waals surface area contributed by atoms with E-state index in [0.717, 1.165) is 46.5 Å². The third kappa shape index (κ3) is 4.14. The number of hydrogen-bond donors (Lipinski definition) is 1. The van der Waals surface area contributed by atoms with Crippen LogP contribution >= 0.6 is 0 Å². The van der Waals surface area contributed by atoms with Crippen LogP contribution in [0, 0.1) is 0 Å². The highest BCUT2D eigenvalue weighted by atomic mass is 15.3. The van der Waals surface area contributed by atoms with Gasteiger partial charge in [-0.25, -0.2) is 9.67 Å². The van der Waals surface area contributed by atoms with Crippen molar-refractivity contribution in [1.29, 1.82) is 0 Å². The number of hydrogen-bond acceptors (Lipinski definition) is 4. The highest BCUT2D eigenvalue weighted by molar-refractivity contribution is 5.94. The van der Waals surface area contributed by atoms with E-state index < -0.39 is 0 Å². The Balaban J connectivity index is 1.77. The second-order valence-electron chi connectivity index (χ2n) is 8.25. The number of unbranched alkanes of at least 4 members (excludes halogenated alkanes) is 1. The molecule has 0 saturated heterocycles. The van der Waals surface area contributed by atoms with E-state index in [4.69, 9.17) is 4.98 Å². The fourth-order valence-corrected chi connectivity index (χ4v) is 3.83. The lowest BCUT2D eigenvalue weighted by Crippen LogP contribution is -2.18. The molecule has 0 amide bonds. The van der Waals surface area contributed by atoms with E-state index in [2.05, 4.69) is 78.3 Å². The van der Waals surface area contributed by atoms with Gasteiger partial charge in [-0.1, -0.05) is 31.5 Å². The van der Waals surface area contributed by atoms with Crippen LogP contribution in [0.1, 0.15) is 45.2 Å². The largest absolute Gasteiger partial charge is 0.302 e. The zero-order chi connectivity index (χ0) is 21.1. The quantitative estimate of drug-likeness (QED) is 0.434. The highest BCUT2D eigenvalue weighted by Crippen LogP contribution is 2.32. The van der Waals surface area contributed by atoms with Gasteiger partial charge in [-0.15, -0.1) is 0 Å². The van der Waals surface area contributed by atoms with Crippen LogP contribution in [-0.4, -0.2) is 43.5 Å². The molecule has 0 atom stereocenters. The van der Waals surface area contributed by atoms with Crippen LogP contribution in [0.5, 0.6) is 0 Å². The van der Waals surface area contributed by atoms with Crippen molar-refractivity contribution in [1.82, 2.24) is 29.9 Å². The second-order valence-corrected chi connectivity index (χ2v) is 8.25. The minimum absolute atomic E-state index is 0.237. The summed E-state index contributed by atoms with van der Waals surface area (Å²) in [6, 6.07) is 11.1. The van der Waals surface area contributed by atoms with Crippen molar-refractivity contribution >= 4 is 11.0 Å².